The number of benzene rings is 1. The molecule has 1 aromatic carbocycles. The van der Waals surface area contributed by atoms with E-state index in [-0.39, 0.29) is 11.9 Å². The number of aromatic nitrogens is 1. The molecule has 20 heavy (non-hydrogen) atoms. The summed E-state index contributed by atoms with van der Waals surface area (Å²) in [5.41, 5.74) is 1.22. The van der Waals surface area contributed by atoms with E-state index in [4.69, 9.17) is 16.3 Å². The second-order valence-electron chi connectivity index (χ2n) is 4.66. The molecule has 1 unspecified atom stereocenters. The lowest BCUT2D eigenvalue weighted by molar-refractivity contribution is 0.0961. The summed E-state index contributed by atoms with van der Waals surface area (Å²) >= 11 is 6.07. The molecule has 1 aliphatic rings. The molecule has 0 spiro atoms. The molecule has 0 aliphatic carbocycles. The van der Waals surface area contributed by atoms with Gasteiger partial charge in [0, 0.05) is 12.4 Å². The maximum atomic E-state index is 12.8. The van der Waals surface area contributed by atoms with Gasteiger partial charge in [-0.2, -0.15) is 0 Å². The summed E-state index contributed by atoms with van der Waals surface area (Å²) in [6, 6.07) is 9.08. The Labute approximate surface area is 122 Å². The van der Waals surface area contributed by atoms with Crippen LogP contribution in [0.5, 0.6) is 5.75 Å². The van der Waals surface area contributed by atoms with Crippen LogP contribution in [-0.2, 0) is 0 Å². The number of hydrogen-bond donors (Lipinski definition) is 0. The number of carbonyl (C=O) groups is 1. The highest BCUT2D eigenvalue weighted by Crippen LogP contribution is 2.35. The molecule has 1 amide bonds. The summed E-state index contributed by atoms with van der Waals surface area (Å²) in [7, 11) is 0. The van der Waals surface area contributed by atoms with Gasteiger partial charge < -0.3 is 4.74 Å². The van der Waals surface area contributed by atoms with Crippen molar-refractivity contribution in [2.24, 2.45) is 0 Å². The zero-order chi connectivity index (χ0) is 14.1. The normalized spacial score (nSPS) is 17.3. The molecule has 0 N–H and O–H groups in total. The molecule has 2 aromatic rings. The second-order valence-corrected chi connectivity index (χ2v) is 5.07. The maximum absolute atomic E-state index is 12.8. The van der Waals surface area contributed by atoms with Crippen LogP contribution in [0.2, 0.25) is 5.02 Å². The Bertz CT molecular complexity index is 660. The Morgan fingerprint density at radius 1 is 1.40 bits per heavy atom. The molecule has 0 radical (unpaired) electrons. The standard InChI is InChI=1S/C15H13ClN2O2/c1-10-9-20-14-5-3-2-4-13(14)18(10)15(19)11-6-7-17-8-12(11)16/h2-8,10H,9H2,1H3. The fraction of sp³-hybridized carbons (Fsp3) is 0.200. The quantitative estimate of drug-likeness (QED) is 0.809. The third-order valence-corrected chi connectivity index (χ3v) is 3.57. The van der Waals surface area contributed by atoms with Crippen LogP contribution in [0, 0.1) is 0 Å². The molecular formula is C15H13ClN2O2. The molecule has 0 fully saturated rings. The van der Waals surface area contributed by atoms with Gasteiger partial charge in [0.1, 0.15) is 12.4 Å². The fourth-order valence-electron chi connectivity index (χ4n) is 2.29. The number of para-hydroxylation sites is 2. The van der Waals surface area contributed by atoms with Gasteiger partial charge in [0.15, 0.2) is 0 Å². The van der Waals surface area contributed by atoms with Crippen LogP contribution < -0.4 is 9.64 Å². The first-order valence-corrected chi connectivity index (χ1v) is 6.71. The van der Waals surface area contributed by atoms with Gasteiger partial charge in [-0.15, -0.1) is 0 Å². The number of ether oxygens (including phenoxy) is 1. The monoisotopic (exact) mass is 288 g/mol. The predicted molar refractivity (Wildman–Crippen MR) is 77.5 cm³/mol. The average Bonchev–Trinajstić information content (AvgIpc) is 2.47. The molecule has 0 saturated carbocycles. The zero-order valence-corrected chi connectivity index (χ0v) is 11.7. The Balaban J connectivity index is 2.05. The first kappa shape index (κ1) is 12.9. The molecule has 2 heterocycles. The summed E-state index contributed by atoms with van der Waals surface area (Å²) in [4.78, 5) is 18.4. The van der Waals surface area contributed by atoms with Crippen LogP contribution in [0.15, 0.2) is 42.7 Å². The van der Waals surface area contributed by atoms with Gasteiger partial charge in [0.2, 0.25) is 0 Å². The van der Waals surface area contributed by atoms with Gasteiger partial charge >= 0.3 is 0 Å². The van der Waals surface area contributed by atoms with Crippen LogP contribution in [0.3, 0.4) is 0 Å². The molecule has 0 bridgehead atoms. The molecule has 4 nitrogen and oxygen atoms in total. The van der Waals surface area contributed by atoms with Crippen LogP contribution in [0.4, 0.5) is 5.69 Å². The van der Waals surface area contributed by atoms with Gasteiger partial charge in [-0.05, 0) is 25.1 Å². The highest BCUT2D eigenvalue weighted by molar-refractivity contribution is 6.34. The lowest BCUT2D eigenvalue weighted by Gasteiger charge is -2.35. The third-order valence-electron chi connectivity index (χ3n) is 3.27. The largest absolute Gasteiger partial charge is 0.489 e. The predicted octanol–water partition coefficient (Wildman–Crippen LogP) is 3.16. The van der Waals surface area contributed by atoms with E-state index in [2.05, 4.69) is 4.98 Å². The van der Waals surface area contributed by atoms with Gasteiger partial charge in [-0.25, -0.2) is 0 Å². The van der Waals surface area contributed by atoms with Crippen LogP contribution in [0.1, 0.15) is 17.3 Å². The topological polar surface area (TPSA) is 42.4 Å². The minimum atomic E-state index is -0.138. The van der Waals surface area contributed by atoms with Crippen molar-refractivity contribution in [2.75, 3.05) is 11.5 Å². The van der Waals surface area contributed by atoms with E-state index < -0.39 is 0 Å². The Kier molecular flexibility index (Phi) is 3.32. The summed E-state index contributed by atoms with van der Waals surface area (Å²) in [5, 5.41) is 0.355. The highest BCUT2D eigenvalue weighted by Gasteiger charge is 2.30. The number of hydrogen-bond acceptors (Lipinski definition) is 3. The molecular weight excluding hydrogens is 276 g/mol. The van der Waals surface area contributed by atoms with E-state index in [0.29, 0.717) is 22.9 Å². The van der Waals surface area contributed by atoms with E-state index in [0.717, 1.165) is 5.69 Å². The van der Waals surface area contributed by atoms with Crippen molar-refractivity contribution in [2.45, 2.75) is 13.0 Å². The molecule has 1 aliphatic heterocycles. The summed E-state index contributed by atoms with van der Waals surface area (Å²) in [6.07, 6.45) is 3.04. The number of nitrogens with zero attached hydrogens (tertiary/aromatic N) is 2. The Morgan fingerprint density at radius 2 is 2.20 bits per heavy atom. The minimum absolute atomic E-state index is 0.0540. The summed E-state index contributed by atoms with van der Waals surface area (Å²) < 4.78 is 5.64. The molecule has 1 atom stereocenters. The van der Waals surface area contributed by atoms with E-state index in [1.165, 1.54) is 6.20 Å². The minimum Gasteiger partial charge on any atom is -0.489 e. The van der Waals surface area contributed by atoms with Gasteiger partial charge in [0.25, 0.3) is 5.91 Å². The molecule has 5 heteroatoms. The zero-order valence-electron chi connectivity index (χ0n) is 10.9. The van der Waals surface area contributed by atoms with Crippen molar-refractivity contribution in [3.8, 4) is 5.75 Å². The SMILES string of the molecule is CC1COc2ccccc2N1C(=O)c1ccncc1Cl. The summed E-state index contributed by atoms with van der Waals surface area (Å²) in [5.74, 6) is 0.574. The number of halogens is 1. The van der Waals surface area contributed by atoms with Crippen molar-refractivity contribution < 1.29 is 9.53 Å². The first-order chi connectivity index (χ1) is 9.68. The Morgan fingerprint density at radius 3 is 3.00 bits per heavy atom. The average molecular weight is 289 g/mol. The van der Waals surface area contributed by atoms with E-state index in [1.807, 2.05) is 31.2 Å². The maximum Gasteiger partial charge on any atom is 0.260 e. The van der Waals surface area contributed by atoms with E-state index in [1.54, 1.807) is 17.2 Å². The van der Waals surface area contributed by atoms with Crippen LogP contribution in [0.25, 0.3) is 0 Å². The van der Waals surface area contributed by atoms with Gasteiger partial charge in [-0.1, -0.05) is 23.7 Å². The second kappa shape index (κ2) is 5.13. The van der Waals surface area contributed by atoms with E-state index in [9.17, 15) is 4.79 Å². The summed E-state index contributed by atoms with van der Waals surface area (Å²) in [6.45, 7) is 2.41. The number of anilines is 1. The lowest BCUT2D eigenvalue weighted by atomic mass is 10.1. The van der Waals surface area contributed by atoms with Gasteiger partial charge in [0.05, 0.1) is 22.3 Å². The number of rotatable bonds is 1. The highest BCUT2D eigenvalue weighted by atomic mass is 35.5. The molecule has 102 valence electrons. The van der Waals surface area contributed by atoms with Gasteiger partial charge in [-0.3, -0.25) is 14.7 Å². The fourth-order valence-corrected chi connectivity index (χ4v) is 2.49. The number of pyridine rings is 1. The molecule has 0 saturated heterocycles. The van der Waals surface area contributed by atoms with Crippen molar-refractivity contribution in [3.63, 3.8) is 0 Å². The van der Waals surface area contributed by atoms with Crippen molar-refractivity contribution in [1.29, 1.82) is 0 Å². The number of amides is 1. The van der Waals surface area contributed by atoms with E-state index >= 15 is 0 Å². The first-order valence-electron chi connectivity index (χ1n) is 6.33. The third kappa shape index (κ3) is 2.12. The van der Waals surface area contributed by atoms with Crippen LogP contribution in [-0.4, -0.2) is 23.5 Å². The van der Waals surface area contributed by atoms with Crippen molar-refractivity contribution in [3.05, 3.63) is 53.3 Å². The molecule has 1 aromatic heterocycles. The molecule has 3 rings (SSSR count). The van der Waals surface area contributed by atoms with Crippen LogP contribution >= 0.6 is 11.6 Å². The lowest BCUT2D eigenvalue weighted by Crippen LogP contribution is -2.45. The van der Waals surface area contributed by atoms with Crippen molar-refractivity contribution >= 4 is 23.2 Å². The Hall–Kier alpha value is -2.07. The number of fused-ring (bicyclic) bond motifs is 1. The smallest absolute Gasteiger partial charge is 0.260 e. The number of carbonyl (C=O) groups excluding carboxylic acids is 1. The van der Waals surface area contributed by atoms with Crippen molar-refractivity contribution in [1.82, 2.24) is 4.98 Å².